The molecule has 5 heteroatoms. The summed E-state index contributed by atoms with van der Waals surface area (Å²) < 4.78 is 0. The summed E-state index contributed by atoms with van der Waals surface area (Å²) in [5, 5.41) is 3.03. The van der Waals surface area contributed by atoms with Crippen molar-refractivity contribution in [3.05, 3.63) is 65.7 Å². The predicted octanol–water partition coefficient (Wildman–Crippen LogP) is 3.58. The molecule has 2 aromatic rings. The van der Waals surface area contributed by atoms with Crippen molar-refractivity contribution in [3.63, 3.8) is 0 Å². The molecule has 1 fully saturated rings. The number of nitrogens with one attached hydrogen (secondary N) is 1. The Morgan fingerprint density at radius 3 is 2.67 bits per heavy atom. The lowest BCUT2D eigenvalue weighted by atomic mass is 10.1. The smallest absolute Gasteiger partial charge is 0.254 e. The first-order valence-corrected chi connectivity index (χ1v) is 9.02. The molecule has 0 saturated carbocycles. The van der Waals surface area contributed by atoms with Gasteiger partial charge in [-0.25, -0.2) is 0 Å². The van der Waals surface area contributed by atoms with Crippen LogP contribution in [0.15, 0.2) is 54.6 Å². The monoisotopic (exact) mass is 340 g/mol. The molecule has 1 saturated heterocycles. The minimum atomic E-state index is -0.141. The third-order valence-electron chi connectivity index (χ3n) is 3.95. The second kappa shape index (κ2) is 7.53. The summed E-state index contributed by atoms with van der Waals surface area (Å²) in [6.45, 7) is 2.91. The van der Waals surface area contributed by atoms with Crippen LogP contribution in [-0.2, 0) is 4.79 Å². The van der Waals surface area contributed by atoms with Gasteiger partial charge in [0.05, 0.1) is 0 Å². The van der Waals surface area contributed by atoms with Crippen molar-refractivity contribution in [2.45, 2.75) is 12.2 Å². The molecule has 2 aromatic carbocycles. The summed E-state index contributed by atoms with van der Waals surface area (Å²) in [7, 11) is 0. The maximum absolute atomic E-state index is 12.8. The van der Waals surface area contributed by atoms with Crippen molar-refractivity contribution in [1.82, 2.24) is 4.90 Å². The first kappa shape index (κ1) is 16.6. The van der Waals surface area contributed by atoms with Crippen molar-refractivity contribution in [1.29, 1.82) is 0 Å². The number of rotatable bonds is 3. The first-order valence-electron chi connectivity index (χ1n) is 7.97. The highest BCUT2D eigenvalue weighted by molar-refractivity contribution is 7.99. The molecule has 4 nitrogen and oxygen atoms in total. The highest BCUT2D eigenvalue weighted by atomic mass is 32.2. The van der Waals surface area contributed by atoms with Crippen LogP contribution in [0.3, 0.4) is 0 Å². The van der Waals surface area contributed by atoms with E-state index >= 15 is 0 Å². The van der Waals surface area contributed by atoms with Crippen LogP contribution in [0.2, 0.25) is 0 Å². The van der Waals surface area contributed by atoms with Gasteiger partial charge < -0.3 is 10.2 Å². The zero-order chi connectivity index (χ0) is 16.9. The second-order valence-corrected chi connectivity index (χ2v) is 7.09. The normalized spacial score (nSPS) is 17.4. The molecule has 24 heavy (non-hydrogen) atoms. The summed E-state index contributed by atoms with van der Waals surface area (Å²) in [4.78, 5) is 25.9. The van der Waals surface area contributed by atoms with Crippen LogP contribution < -0.4 is 5.32 Å². The molecule has 1 unspecified atom stereocenters. The highest BCUT2D eigenvalue weighted by Crippen LogP contribution is 2.33. The fraction of sp³-hybridized carbons (Fsp3) is 0.263. The van der Waals surface area contributed by atoms with Gasteiger partial charge in [0.1, 0.15) is 0 Å². The van der Waals surface area contributed by atoms with Gasteiger partial charge in [-0.1, -0.05) is 36.4 Å². The van der Waals surface area contributed by atoms with E-state index in [1.807, 2.05) is 34.9 Å². The first-order chi connectivity index (χ1) is 11.6. The van der Waals surface area contributed by atoms with Gasteiger partial charge in [0.2, 0.25) is 5.91 Å². The molecule has 3 rings (SSSR count). The van der Waals surface area contributed by atoms with E-state index in [1.165, 1.54) is 12.5 Å². The quantitative estimate of drug-likeness (QED) is 0.929. The number of hydrogen-bond acceptors (Lipinski definition) is 3. The van der Waals surface area contributed by atoms with Gasteiger partial charge in [-0.15, -0.1) is 0 Å². The summed E-state index contributed by atoms with van der Waals surface area (Å²) in [5.41, 5.74) is 2.52. The van der Waals surface area contributed by atoms with Crippen LogP contribution in [0.4, 0.5) is 5.69 Å². The molecule has 1 N–H and O–H groups in total. The Morgan fingerprint density at radius 1 is 1.12 bits per heavy atom. The average molecular weight is 340 g/mol. The van der Waals surface area contributed by atoms with Crippen molar-refractivity contribution in [3.8, 4) is 0 Å². The van der Waals surface area contributed by atoms with Crippen molar-refractivity contribution in [2.75, 3.05) is 24.2 Å². The predicted molar refractivity (Wildman–Crippen MR) is 98.3 cm³/mol. The fourth-order valence-corrected chi connectivity index (χ4v) is 4.06. The van der Waals surface area contributed by atoms with E-state index in [2.05, 4.69) is 17.4 Å². The Labute approximate surface area is 146 Å². The van der Waals surface area contributed by atoms with E-state index in [9.17, 15) is 9.59 Å². The lowest BCUT2D eigenvalue weighted by Crippen LogP contribution is -2.39. The van der Waals surface area contributed by atoms with E-state index in [4.69, 9.17) is 0 Å². The number of carbonyl (C=O) groups is 2. The zero-order valence-electron chi connectivity index (χ0n) is 13.6. The van der Waals surface area contributed by atoms with Crippen LogP contribution in [0, 0.1) is 0 Å². The van der Waals surface area contributed by atoms with Gasteiger partial charge in [-0.3, -0.25) is 9.59 Å². The number of nitrogens with zero attached hydrogens (tertiary/aromatic N) is 1. The minimum Gasteiger partial charge on any atom is -0.336 e. The van der Waals surface area contributed by atoms with Crippen LogP contribution >= 0.6 is 11.8 Å². The number of benzene rings is 2. The molecule has 0 spiro atoms. The molecular weight excluding hydrogens is 320 g/mol. The van der Waals surface area contributed by atoms with Crippen LogP contribution in [0.25, 0.3) is 0 Å². The maximum atomic E-state index is 12.8. The Bertz CT molecular complexity index is 733. The summed E-state index contributed by atoms with van der Waals surface area (Å²) in [6, 6.07) is 17.4. The standard InChI is InChI=1S/C19H20N2O2S/c1-14(22)20-17-9-5-8-16(12-17)19(23)21-10-11-24-18(13-21)15-6-3-2-4-7-15/h2-9,12,18H,10-11,13H2,1H3,(H,20,22). The van der Waals surface area contributed by atoms with Crippen LogP contribution in [0.5, 0.6) is 0 Å². The molecule has 0 aliphatic carbocycles. The van der Waals surface area contributed by atoms with E-state index in [1.54, 1.807) is 24.3 Å². The molecule has 2 amide bonds. The number of thioether (sulfide) groups is 1. The Morgan fingerprint density at radius 2 is 1.92 bits per heavy atom. The minimum absolute atomic E-state index is 0.0171. The maximum Gasteiger partial charge on any atom is 0.254 e. The van der Waals surface area contributed by atoms with Gasteiger partial charge in [0.15, 0.2) is 0 Å². The lowest BCUT2D eigenvalue weighted by Gasteiger charge is -2.32. The van der Waals surface area contributed by atoms with Crippen LogP contribution in [0.1, 0.15) is 28.1 Å². The molecule has 0 aromatic heterocycles. The van der Waals surface area contributed by atoms with Crippen LogP contribution in [-0.4, -0.2) is 35.6 Å². The molecule has 0 radical (unpaired) electrons. The second-order valence-electron chi connectivity index (χ2n) is 5.78. The van der Waals surface area contributed by atoms with E-state index in [0.29, 0.717) is 23.0 Å². The largest absolute Gasteiger partial charge is 0.336 e. The third kappa shape index (κ3) is 3.97. The molecule has 1 atom stereocenters. The highest BCUT2D eigenvalue weighted by Gasteiger charge is 2.26. The van der Waals surface area contributed by atoms with Crippen molar-refractivity contribution in [2.24, 2.45) is 0 Å². The summed E-state index contributed by atoms with van der Waals surface area (Å²) in [5.74, 6) is 0.804. The number of amides is 2. The summed E-state index contributed by atoms with van der Waals surface area (Å²) >= 11 is 1.89. The van der Waals surface area contributed by atoms with E-state index < -0.39 is 0 Å². The zero-order valence-corrected chi connectivity index (χ0v) is 14.4. The van der Waals surface area contributed by atoms with Gasteiger partial charge in [0, 0.05) is 42.3 Å². The van der Waals surface area contributed by atoms with E-state index in [-0.39, 0.29) is 11.8 Å². The molecule has 1 aliphatic rings. The van der Waals surface area contributed by atoms with Crippen molar-refractivity contribution >= 4 is 29.3 Å². The van der Waals surface area contributed by atoms with Gasteiger partial charge in [-0.2, -0.15) is 11.8 Å². The molecule has 1 aliphatic heterocycles. The topological polar surface area (TPSA) is 49.4 Å². The Hall–Kier alpha value is -2.27. The molecule has 1 heterocycles. The van der Waals surface area contributed by atoms with Crippen molar-refractivity contribution < 1.29 is 9.59 Å². The average Bonchev–Trinajstić information content (AvgIpc) is 2.62. The number of hydrogen-bond donors (Lipinski definition) is 1. The lowest BCUT2D eigenvalue weighted by molar-refractivity contribution is -0.114. The van der Waals surface area contributed by atoms with Gasteiger partial charge in [-0.05, 0) is 23.8 Å². The van der Waals surface area contributed by atoms with E-state index in [0.717, 1.165) is 12.3 Å². The molecule has 124 valence electrons. The SMILES string of the molecule is CC(=O)Nc1cccc(C(=O)N2CCSC(c3ccccc3)C2)c1. The van der Waals surface area contributed by atoms with Gasteiger partial charge in [0.25, 0.3) is 5.91 Å². The number of carbonyl (C=O) groups excluding carboxylic acids is 2. The number of anilines is 1. The Balaban J connectivity index is 1.74. The third-order valence-corrected chi connectivity index (χ3v) is 5.20. The Kier molecular flexibility index (Phi) is 5.20. The summed E-state index contributed by atoms with van der Waals surface area (Å²) in [6.07, 6.45) is 0. The molecule has 0 bridgehead atoms. The molecular formula is C19H20N2O2S. The fourth-order valence-electron chi connectivity index (χ4n) is 2.82. The van der Waals surface area contributed by atoms with Gasteiger partial charge >= 0.3 is 0 Å².